The normalized spacial score (nSPS) is 10.6. The summed E-state index contributed by atoms with van der Waals surface area (Å²) in [6, 6.07) is 24.9. The molecule has 0 aliphatic rings. The van der Waals surface area contributed by atoms with Crippen LogP contribution in [0.15, 0.2) is 96.5 Å². The standard InChI is InChI=1S/C21H17N5OS/c27-20(15-28-21-24-23-16-25(21)19-13-7-8-14-22-19)26(17-9-3-1-4-10-17)18-11-5-2-6-12-18/h1-14,16H,15H2. The molecule has 0 aliphatic carbocycles. The number of anilines is 2. The molecule has 2 heterocycles. The molecule has 0 radical (unpaired) electrons. The van der Waals surface area contributed by atoms with Crippen molar-refractivity contribution in [3.8, 4) is 5.82 Å². The van der Waals surface area contributed by atoms with Crippen molar-refractivity contribution in [1.82, 2.24) is 19.7 Å². The maximum absolute atomic E-state index is 13.1. The Labute approximate surface area is 166 Å². The van der Waals surface area contributed by atoms with Crippen molar-refractivity contribution in [3.63, 3.8) is 0 Å². The summed E-state index contributed by atoms with van der Waals surface area (Å²) < 4.78 is 1.77. The highest BCUT2D eigenvalue weighted by Gasteiger charge is 2.19. The van der Waals surface area contributed by atoms with Crippen LogP contribution in [0, 0.1) is 0 Å². The van der Waals surface area contributed by atoms with Gasteiger partial charge in [-0.05, 0) is 36.4 Å². The number of hydrogen-bond acceptors (Lipinski definition) is 5. The largest absolute Gasteiger partial charge is 0.280 e. The van der Waals surface area contributed by atoms with Gasteiger partial charge in [-0.3, -0.25) is 14.3 Å². The van der Waals surface area contributed by atoms with E-state index in [0.29, 0.717) is 11.0 Å². The summed E-state index contributed by atoms with van der Waals surface area (Å²) in [5, 5.41) is 8.72. The van der Waals surface area contributed by atoms with E-state index in [-0.39, 0.29) is 11.7 Å². The number of amides is 1. The minimum Gasteiger partial charge on any atom is -0.280 e. The number of benzene rings is 2. The summed E-state index contributed by atoms with van der Waals surface area (Å²) >= 11 is 1.33. The van der Waals surface area contributed by atoms with E-state index in [2.05, 4.69) is 15.2 Å². The summed E-state index contributed by atoms with van der Waals surface area (Å²) in [4.78, 5) is 19.1. The molecule has 6 nitrogen and oxygen atoms in total. The van der Waals surface area contributed by atoms with Crippen LogP contribution in [0.4, 0.5) is 11.4 Å². The Hall–Kier alpha value is -3.45. The molecule has 0 atom stereocenters. The smallest absolute Gasteiger partial charge is 0.242 e. The van der Waals surface area contributed by atoms with Crippen LogP contribution >= 0.6 is 11.8 Å². The Balaban J connectivity index is 1.56. The molecule has 0 spiro atoms. The van der Waals surface area contributed by atoms with Gasteiger partial charge in [-0.25, -0.2) is 4.98 Å². The summed E-state index contributed by atoms with van der Waals surface area (Å²) in [5.74, 6) is 0.887. The first-order chi connectivity index (χ1) is 13.8. The molecular weight excluding hydrogens is 370 g/mol. The van der Waals surface area contributed by atoms with Crippen molar-refractivity contribution in [2.45, 2.75) is 5.16 Å². The third-order valence-corrected chi connectivity index (χ3v) is 4.94. The molecule has 0 saturated carbocycles. The number of aromatic nitrogens is 4. The lowest BCUT2D eigenvalue weighted by molar-refractivity contribution is -0.115. The number of thioether (sulfide) groups is 1. The zero-order chi connectivity index (χ0) is 19.2. The minimum atomic E-state index is -0.0435. The zero-order valence-corrected chi connectivity index (χ0v) is 15.7. The van der Waals surface area contributed by atoms with Crippen molar-refractivity contribution >= 4 is 29.0 Å². The monoisotopic (exact) mass is 387 g/mol. The van der Waals surface area contributed by atoms with Crippen molar-refractivity contribution in [2.75, 3.05) is 10.7 Å². The maximum atomic E-state index is 13.1. The van der Waals surface area contributed by atoms with Gasteiger partial charge in [0.2, 0.25) is 5.91 Å². The van der Waals surface area contributed by atoms with E-state index in [0.717, 1.165) is 11.4 Å². The first kappa shape index (κ1) is 17.9. The number of carbonyl (C=O) groups excluding carboxylic acids is 1. The first-order valence-corrected chi connectivity index (χ1v) is 9.69. The van der Waals surface area contributed by atoms with Crippen molar-refractivity contribution in [1.29, 1.82) is 0 Å². The number of carbonyl (C=O) groups is 1. The average Bonchev–Trinajstić information content (AvgIpc) is 3.23. The molecule has 28 heavy (non-hydrogen) atoms. The highest BCUT2D eigenvalue weighted by molar-refractivity contribution is 7.99. The molecule has 2 aromatic heterocycles. The Morgan fingerprint density at radius 1 is 0.893 bits per heavy atom. The van der Waals surface area contributed by atoms with Gasteiger partial charge in [0.1, 0.15) is 12.1 Å². The van der Waals surface area contributed by atoms with E-state index < -0.39 is 0 Å². The number of nitrogens with zero attached hydrogens (tertiary/aromatic N) is 5. The second-order valence-electron chi connectivity index (χ2n) is 5.86. The minimum absolute atomic E-state index is 0.0435. The lowest BCUT2D eigenvalue weighted by atomic mass is 10.2. The fourth-order valence-electron chi connectivity index (χ4n) is 2.76. The Kier molecular flexibility index (Phi) is 5.44. The van der Waals surface area contributed by atoms with E-state index in [4.69, 9.17) is 0 Å². The second-order valence-corrected chi connectivity index (χ2v) is 6.80. The fourth-order valence-corrected chi connectivity index (χ4v) is 3.52. The van der Waals surface area contributed by atoms with Gasteiger partial charge in [0.05, 0.1) is 5.75 Å². The molecule has 0 saturated heterocycles. The van der Waals surface area contributed by atoms with E-state index >= 15 is 0 Å². The molecule has 0 N–H and O–H groups in total. The molecule has 7 heteroatoms. The highest BCUT2D eigenvalue weighted by atomic mass is 32.2. The van der Waals surface area contributed by atoms with Crippen LogP contribution in [-0.2, 0) is 4.79 Å². The van der Waals surface area contributed by atoms with Gasteiger partial charge < -0.3 is 0 Å². The molecular formula is C21H17N5OS. The van der Waals surface area contributed by atoms with Crippen molar-refractivity contribution in [3.05, 3.63) is 91.4 Å². The van der Waals surface area contributed by atoms with Crippen LogP contribution in [0.2, 0.25) is 0 Å². The fraction of sp³-hybridized carbons (Fsp3) is 0.0476. The first-order valence-electron chi connectivity index (χ1n) is 8.70. The average molecular weight is 387 g/mol. The quantitative estimate of drug-likeness (QED) is 0.466. The molecule has 138 valence electrons. The SMILES string of the molecule is O=C(CSc1nncn1-c1ccccn1)N(c1ccccc1)c1ccccc1. The van der Waals surface area contributed by atoms with Crippen molar-refractivity contribution < 1.29 is 4.79 Å². The maximum Gasteiger partial charge on any atom is 0.242 e. The number of hydrogen-bond donors (Lipinski definition) is 0. The van der Waals surface area contributed by atoms with Gasteiger partial charge in [0.15, 0.2) is 5.16 Å². The van der Waals surface area contributed by atoms with Gasteiger partial charge in [-0.2, -0.15) is 0 Å². The summed E-state index contributed by atoms with van der Waals surface area (Å²) in [6.07, 6.45) is 3.31. The Morgan fingerprint density at radius 3 is 2.14 bits per heavy atom. The topological polar surface area (TPSA) is 63.9 Å². The van der Waals surface area contributed by atoms with Crippen LogP contribution < -0.4 is 4.90 Å². The lowest BCUT2D eigenvalue weighted by Gasteiger charge is -2.22. The van der Waals surface area contributed by atoms with Gasteiger partial charge >= 0.3 is 0 Å². The third-order valence-electron chi connectivity index (χ3n) is 4.02. The number of rotatable bonds is 6. The molecule has 1 amide bonds. The van der Waals surface area contributed by atoms with Crippen LogP contribution in [-0.4, -0.2) is 31.4 Å². The molecule has 0 fully saturated rings. The number of para-hydroxylation sites is 2. The second kappa shape index (κ2) is 8.49. The van der Waals surface area contributed by atoms with Crippen LogP contribution in [0.3, 0.4) is 0 Å². The number of pyridine rings is 1. The van der Waals surface area contributed by atoms with Crippen LogP contribution in [0.5, 0.6) is 0 Å². The third kappa shape index (κ3) is 3.94. The molecule has 2 aromatic carbocycles. The van der Waals surface area contributed by atoms with Gasteiger partial charge in [-0.15, -0.1) is 10.2 Å². The van der Waals surface area contributed by atoms with E-state index in [9.17, 15) is 4.79 Å². The predicted molar refractivity (Wildman–Crippen MR) is 110 cm³/mol. The van der Waals surface area contributed by atoms with E-state index in [1.807, 2.05) is 78.9 Å². The van der Waals surface area contributed by atoms with E-state index in [1.165, 1.54) is 11.8 Å². The molecule has 0 aliphatic heterocycles. The van der Waals surface area contributed by atoms with Gasteiger partial charge in [0, 0.05) is 17.6 Å². The molecule has 4 aromatic rings. The lowest BCUT2D eigenvalue weighted by Crippen LogP contribution is -2.27. The molecule has 4 rings (SSSR count). The Bertz CT molecular complexity index is 999. The Morgan fingerprint density at radius 2 is 1.54 bits per heavy atom. The zero-order valence-electron chi connectivity index (χ0n) is 14.9. The summed E-state index contributed by atoms with van der Waals surface area (Å²) in [6.45, 7) is 0. The van der Waals surface area contributed by atoms with E-state index in [1.54, 1.807) is 22.0 Å². The van der Waals surface area contributed by atoms with Crippen LogP contribution in [0.1, 0.15) is 0 Å². The van der Waals surface area contributed by atoms with Crippen molar-refractivity contribution in [2.24, 2.45) is 0 Å². The predicted octanol–water partition coefficient (Wildman–Crippen LogP) is 4.12. The van der Waals surface area contributed by atoms with Gasteiger partial charge in [-0.1, -0.05) is 54.2 Å². The summed E-state index contributed by atoms with van der Waals surface area (Å²) in [7, 11) is 0. The van der Waals surface area contributed by atoms with Crippen LogP contribution in [0.25, 0.3) is 5.82 Å². The molecule has 0 unspecified atom stereocenters. The molecule has 0 bridgehead atoms. The van der Waals surface area contributed by atoms with Gasteiger partial charge in [0.25, 0.3) is 0 Å². The highest BCUT2D eigenvalue weighted by Crippen LogP contribution is 2.27. The summed E-state index contributed by atoms with van der Waals surface area (Å²) in [5.41, 5.74) is 1.65.